The predicted molar refractivity (Wildman–Crippen MR) is 66.3 cm³/mol. The van der Waals surface area contributed by atoms with E-state index in [0.717, 1.165) is 10.2 Å². The molecule has 82 valence electrons. The molecule has 4 heteroatoms. The van der Waals surface area contributed by atoms with Gasteiger partial charge in [-0.15, -0.1) is 0 Å². The molecule has 0 fully saturated rings. The van der Waals surface area contributed by atoms with Crippen molar-refractivity contribution < 1.29 is 4.74 Å². The first-order valence-electron chi connectivity index (χ1n) is 4.74. The van der Waals surface area contributed by atoms with Gasteiger partial charge in [0.2, 0.25) is 0 Å². The van der Waals surface area contributed by atoms with Crippen molar-refractivity contribution in [2.24, 2.45) is 0 Å². The van der Waals surface area contributed by atoms with Gasteiger partial charge in [-0.2, -0.15) is 0 Å². The molecule has 0 spiro atoms. The third kappa shape index (κ3) is 2.02. The summed E-state index contributed by atoms with van der Waals surface area (Å²) in [5.41, 5.74) is 0.640. The number of ether oxygens (including phenoxy) is 1. The Balaban J connectivity index is 2.63. The summed E-state index contributed by atoms with van der Waals surface area (Å²) in [7, 11) is 1.59. The Morgan fingerprint density at radius 1 is 1.25 bits per heavy atom. The highest BCUT2D eigenvalue weighted by Gasteiger charge is 2.05. The third-order valence-electron chi connectivity index (χ3n) is 2.23. The molecule has 0 aliphatic rings. The van der Waals surface area contributed by atoms with E-state index in [-0.39, 0.29) is 5.56 Å². The lowest BCUT2D eigenvalue weighted by Crippen LogP contribution is -2.16. The van der Waals surface area contributed by atoms with Crippen LogP contribution in [0.1, 0.15) is 0 Å². The Morgan fingerprint density at radius 3 is 2.69 bits per heavy atom. The second-order valence-electron chi connectivity index (χ2n) is 3.23. The van der Waals surface area contributed by atoms with Gasteiger partial charge in [0, 0.05) is 16.7 Å². The number of methoxy groups -OCH3 is 1. The number of benzene rings is 1. The summed E-state index contributed by atoms with van der Waals surface area (Å²) in [6, 6.07) is 10.7. The molecule has 0 aliphatic carbocycles. The number of halogens is 1. The van der Waals surface area contributed by atoms with Gasteiger partial charge in [0.25, 0.3) is 5.56 Å². The molecule has 2 aromatic rings. The minimum absolute atomic E-state index is 0.0983. The second-order valence-corrected chi connectivity index (χ2v) is 4.14. The number of nitrogens with zero attached hydrogens (tertiary/aromatic N) is 1. The first kappa shape index (κ1) is 11.0. The molecule has 1 heterocycles. The number of pyridine rings is 1. The van der Waals surface area contributed by atoms with E-state index >= 15 is 0 Å². The van der Waals surface area contributed by atoms with Crippen LogP contribution in [0, 0.1) is 0 Å². The zero-order chi connectivity index (χ0) is 11.5. The summed E-state index contributed by atoms with van der Waals surface area (Å²) in [6.45, 7) is 0. The van der Waals surface area contributed by atoms with Gasteiger partial charge in [0.15, 0.2) is 0 Å². The fraction of sp³-hybridized carbons (Fsp3) is 0.0833. The van der Waals surface area contributed by atoms with Gasteiger partial charge >= 0.3 is 0 Å². The van der Waals surface area contributed by atoms with Crippen molar-refractivity contribution >= 4 is 15.9 Å². The van der Waals surface area contributed by atoms with Crippen LogP contribution < -0.4 is 10.3 Å². The predicted octanol–water partition coefficient (Wildman–Crippen LogP) is 2.61. The SMILES string of the molecule is COc1ccccc1-n1ccc(Br)cc1=O. The van der Waals surface area contributed by atoms with E-state index in [9.17, 15) is 4.79 Å². The van der Waals surface area contributed by atoms with Crippen LogP contribution in [0.25, 0.3) is 5.69 Å². The highest BCUT2D eigenvalue weighted by Crippen LogP contribution is 2.20. The second kappa shape index (κ2) is 4.53. The van der Waals surface area contributed by atoms with E-state index in [0.29, 0.717) is 5.75 Å². The van der Waals surface area contributed by atoms with Crippen molar-refractivity contribution in [1.29, 1.82) is 0 Å². The Morgan fingerprint density at radius 2 is 2.00 bits per heavy atom. The van der Waals surface area contributed by atoms with Crippen molar-refractivity contribution in [2.45, 2.75) is 0 Å². The van der Waals surface area contributed by atoms with Crippen LogP contribution in [0.4, 0.5) is 0 Å². The van der Waals surface area contributed by atoms with Crippen molar-refractivity contribution in [2.75, 3.05) is 7.11 Å². The van der Waals surface area contributed by atoms with Gasteiger partial charge in [0.1, 0.15) is 5.75 Å². The largest absolute Gasteiger partial charge is 0.495 e. The Labute approximate surface area is 101 Å². The smallest absolute Gasteiger partial charge is 0.256 e. The fourth-order valence-electron chi connectivity index (χ4n) is 1.48. The molecule has 0 atom stereocenters. The number of hydrogen-bond donors (Lipinski definition) is 0. The Kier molecular flexibility index (Phi) is 3.10. The van der Waals surface area contributed by atoms with Gasteiger partial charge in [0.05, 0.1) is 12.8 Å². The topological polar surface area (TPSA) is 31.2 Å². The van der Waals surface area contributed by atoms with E-state index in [4.69, 9.17) is 4.74 Å². The van der Waals surface area contributed by atoms with Gasteiger partial charge in [-0.3, -0.25) is 9.36 Å². The van der Waals surface area contributed by atoms with Crippen LogP contribution >= 0.6 is 15.9 Å². The van der Waals surface area contributed by atoms with Crippen LogP contribution in [0.5, 0.6) is 5.75 Å². The maximum Gasteiger partial charge on any atom is 0.256 e. The van der Waals surface area contributed by atoms with Crippen LogP contribution in [-0.2, 0) is 0 Å². The molecule has 0 unspecified atom stereocenters. The molecule has 3 nitrogen and oxygen atoms in total. The molecular formula is C12H10BrNO2. The van der Waals surface area contributed by atoms with E-state index in [2.05, 4.69) is 15.9 Å². The quantitative estimate of drug-likeness (QED) is 0.846. The average Bonchev–Trinajstić information content (AvgIpc) is 2.29. The van der Waals surface area contributed by atoms with Crippen molar-refractivity contribution in [3.05, 3.63) is 57.4 Å². The number of rotatable bonds is 2. The van der Waals surface area contributed by atoms with E-state index in [1.807, 2.05) is 30.3 Å². The summed E-state index contributed by atoms with van der Waals surface area (Å²) >= 11 is 3.26. The lowest BCUT2D eigenvalue weighted by atomic mass is 10.3. The first-order valence-corrected chi connectivity index (χ1v) is 5.53. The lowest BCUT2D eigenvalue weighted by Gasteiger charge is -2.10. The standard InChI is InChI=1S/C12H10BrNO2/c1-16-11-5-3-2-4-10(11)14-7-6-9(13)8-12(14)15/h2-8H,1H3. The van der Waals surface area contributed by atoms with Crippen molar-refractivity contribution in [1.82, 2.24) is 4.57 Å². The molecule has 16 heavy (non-hydrogen) atoms. The summed E-state index contributed by atoms with van der Waals surface area (Å²) < 4.78 is 7.53. The molecule has 1 aromatic heterocycles. The van der Waals surface area contributed by atoms with Gasteiger partial charge in [-0.05, 0) is 18.2 Å². The Hall–Kier alpha value is -1.55. The number of hydrogen-bond acceptors (Lipinski definition) is 2. The molecule has 0 saturated heterocycles. The van der Waals surface area contributed by atoms with Gasteiger partial charge in [-0.1, -0.05) is 28.1 Å². The lowest BCUT2D eigenvalue weighted by molar-refractivity contribution is 0.412. The summed E-state index contributed by atoms with van der Waals surface area (Å²) in [5, 5.41) is 0. The van der Waals surface area contributed by atoms with Crippen LogP contribution in [0.3, 0.4) is 0 Å². The molecule has 0 aliphatic heterocycles. The van der Waals surface area contributed by atoms with E-state index < -0.39 is 0 Å². The van der Waals surface area contributed by atoms with Gasteiger partial charge in [-0.25, -0.2) is 0 Å². The van der Waals surface area contributed by atoms with Crippen LogP contribution in [0.15, 0.2) is 51.9 Å². The first-order chi connectivity index (χ1) is 7.72. The summed E-state index contributed by atoms with van der Waals surface area (Å²) in [4.78, 5) is 11.8. The molecule has 1 aromatic carbocycles. The van der Waals surface area contributed by atoms with E-state index in [1.165, 1.54) is 6.07 Å². The average molecular weight is 280 g/mol. The van der Waals surface area contributed by atoms with Crippen molar-refractivity contribution in [3.63, 3.8) is 0 Å². The molecule has 0 bridgehead atoms. The molecular weight excluding hydrogens is 270 g/mol. The number of para-hydroxylation sites is 2. The van der Waals surface area contributed by atoms with Crippen LogP contribution in [-0.4, -0.2) is 11.7 Å². The summed E-state index contributed by atoms with van der Waals surface area (Å²) in [5.74, 6) is 0.673. The summed E-state index contributed by atoms with van der Waals surface area (Å²) in [6.07, 6.45) is 1.71. The molecule has 0 saturated carbocycles. The minimum atomic E-state index is -0.0983. The Bertz CT molecular complexity index is 563. The minimum Gasteiger partial charge on any atom is -0.495 e. The van der Waals surface area contributed by atoms with E-state index in [1.54, 1.807) is 17.9 Å². The van der Waals surface area contributed by atoms with Gasteiger partial charge < -0.3 is 4.74 Å². The zero-order valence-corrected chi connectivity index (χ0v) is 10.3. The van der Waals surface area contributed by atoms with Crippen LogP contribution in [0.2, 0.25) is 0 Å². The molecule has 0 amide bonds. The monoisotopic (exact) mass is 279 g/mol. The highest BCUT2D eigenvalue weighted by atomic mass is 79.9. The molecule has 0 radical (unpaired) electrons. The molecule has 0 N–H and O–H groups in total. The van der Waals surface area contributed by atoms with Crippen molar-refractivity contribution in [3.8, 4) is 11.4 Å². The fourth-order valence-corrected chi connectivity index (χ4v) is 1.80. The maximum absolute atomic E-state index is 11.8. The number of aromatic nitrogens is 1. The maximum atomic E-state index is 11.8. The normalized spacial score (nSPS) is 10.1. The molecule has 2 rings (SSSR count). The highest BCUT2D eigenvalue weighted by molar-refractivity contribution is 9.10. The third-order valence-corrected chi connectivity index (χ3v) is 2.72. The zero-order valence-electron chi connectivity index (χ0n) is 8.68.